The molecule has 3 nitrogen and oxygen atoms in total. The third-order valence-corrected chi connectivity index (χ3v) is 4.29. The second-order valence-electron chi connectivity index (χ2n) is 4.72. The maximum absolute atomic E-state index is 10.0. The molecule has 1 heterocycles. The Morgan fingerprint density at radius 1 is 1.44 bits per heavy atom. The fourth-order valence-electron chi connectivity index (χ4n) is 2.50. The fraction of sp³-hybridized carbons (Fsp3) is 0.750. The summed E-state index contributed by atoms with van der Waals surface area (Å²) in [6.45, 7) is 0. The highest BCUT2D eigenvalue weighted by Gasteiger charge is 2.23. The summed E-state index contributed by atoms with van der Waals surface area (Å²) in [6, 6.07) is -0.158. The van der Waals surface area contributed by atoms with Gasteiger partial charge in [0.15, 0.2) is 0 Å². The summed E-state index contributed by atoms with van der Waals surface area (Å²) in [5.74, 6) is 0.707. The van der Waals surface area contributed by atoms with Gasteiger partial charge in [-0.2, -0.15) is 0 Å². The average Bonchev–Trinajstić information content (AvgIpc) is 2.83. The van der Waals surface area contributed by atoms with Crippen LogP contribution in [0.15, 0.2) is 11.6 Å². The minimum Gasteiger partial charge on any atom is -0.384 e. The number of aromatic nitrogens is 1. The van der Waals surface area contributed by atoms with E-state index in [-0.39, 0.29) is 6.04 Å². The molecule has 3 N–H and O–H groups in total. The molecular weight excluding hydrogens is 220 g/mol. The number of thiazole rings is 1. The van der Waals surface area contributed by atoms with Crippen molar-refractivity contribution in [2.24, 2.45) is 11.7 Å². The highest BCUT2D eigenvalue weighted by molar-refractivity contribution is 7.09. The van der Waals surface area contributed by atoms with Crippen molar-refractivity contribution in [3.05, 3.63) is 16.6 Å². The largest absolute Gasteiger partial charge is 0.384 e. The van der Waals surface area contributed by atoms with Crippen molar-refractivity contribution < 1.29 is 5.11 Å². The second-order valence-corrected chi connectivity index (χ2v) is 5.64. The van der Waals surface area contributed by atoms with Gasteiger partial charge in [-0.05, 0) is 12.3 Å². The molecule has 2 rings (SSSR count). The molecule has 16 heavy (non-hydrogen) atoms. The zero-order valence-corrected chi connectivity index (χ0v) is 10.3. The van der Waals surface area contributed by atoms with E-state index in [9.17, 15) is 5.11 Å². The van der Waals surface area contributed by atoms with Crippen molar-refractivity contribution in [2.45, 2.75) is 50.7 Å². The molecule has 2 unspecified atom stereocenters. The van der Waals surface area contributed by atoms with Crippen LogP contribution in [0.1, 0.15) is 49.6 Å². The maximum atomic E-state index is 10.0. The van der Waals surface area contributed by atoms with E-state index in [2.05, 4.69) is 4.98 Å². The molecule has 0 spiro atoms. The quantitative estimate of drug-likeness (QED) is 0.850. The number of nitrogens with zero attached hydrogens (tertiary/aromatic N) is 1. The second kappa shape index (κ2) is 5.75. The molecule has 1 aromatic heterocycles. The predicted molar refractivity (Wildman–Crippen MR) is 66.2 cm³/mol. The summed E-state index contributed by atoms with van der Waals surface area (Å²) in [5, 5.41) is 12.7. The summed E-state index contributed by atoms with van der Waals surface area (Å²) in [7, 11) is 0. The SMILES string of the molecule is NC(CC1CCCCC1)C(O)c1nccs1. The molecule has 0 amide bonds. The van der Waals surface area contributed by atoms with Gasteiger partial charge in [0.25, 0.3) is 0 Å². The Balaban J connectivity index is 1.84. The number of hydrogen-bond donors (Lipinski definition) is 2. The summed E-state index contributed by atoms with van der Waals surface area (Å²) in [4.78, 5) is 4.12. The van der Waals surface area contributed by atoms with Gasteiger partial charge in [-0.25, -0.2) is 4.98 Å². The smallest absolute Gasteiger partial charge is 0.123 e. The molecule has 2 atom stereocenters. The van der Waals surface area contributed by atoms with E-state index in [1.165, 1.54) is 43.4 Å². The summed E-state index contributed by atoms with van der Waals surface area (Å²) < 4.78 is 0. The fourth-order valence-corrected chi connectivity index (χ4v) is 3.20. The monoisotopic (exact) mass is 240 g/mol. The van der Waals surface area contributed by atoms with Crippen LogP contribution in [0, 0.1) is 5.92 Å². The van der Waals surface area contributed by atoms with Crippen LogP contribution in [0.3, 0.4) is 0 Å². The van der Waals surface area contributed by atoms with Gasteiger partial charge >= 0.3 is 0 Å². The zero-order valence-electron chi connectivity index (χ0n) is 9.51. The molecule has 1 saturated carbocycles. The third-order valence-electron chi connectivity index (χ3n) is 3.44. The first-order valence-electron chi connectivity index (χ1n) is 6.10. The summed E-state index contributed by atoms with van der Waals surface area (Å²) in [5.41, 5.74) is 6.06. The maximum Gasteiger partial charge on any atom is 0.123 e. The third kappa shape index (κ3) is 3.03. The van der Waals surface area contributed by atoms with Gasteiger partial charge in [0, 0.05) is 17.6 Å². The van der Waals surface area contributed by atoms with Gasteiger partial charge in [0.1, 0.15) is 11.1 Å². The number of rotatable bonds is 4. The van der Waals surface area contributed by atoms with E-state index in [1.807, 2.05) is 5.38 Å². The number of aliphatic hydroxyl groups is 1. The number of hydrogen-bond acceptors (Lipinski definition) is 4. The molecule has 0 radical (unpaired) electrons. The van der Waals surface area contributed by atoms with Crippen LogP contribution in [-0.2, 0) is 0 Å². The topological polar surface area (TPSA) is 59.1 Å². The van der Waals surface area contributed by atoms with Crippen molar-refractivity contribution in [1.82, 2.24) is 4.98 Å². The Kier molecular flexibility index (Phi) is 4.32. The van der Waals surface area contributed by atoms with E-state index in [0.29, 0.717) is 5.92 Å². The van der Waals surface area contributed by atoms with Crippen molar-refractivity contribution in [3.63, 3.8) is 0 Å². The molecule has 1 fully saturated rings. The van der Waals surface area contributed by atoms with Gasteiger partial charge in [0.05, 0.1) is 0 Å². The lowest BCUT2D eigenvalue weighted by molar-refractivity contribution is 0.127. The molecule has 0 saturated heterocycles. The van der Waals surface area contributed by atoms with Crippen molar-refractivity contribution in [2.75, 3.05) is 0 Å². The number of nitrogens with two attached hydrogens (primary N) is 1. The lowest BCUT2D eigenvalue weighted by Gasteiger charge is -2.26. The van der Waals surface area contributed by atoms with Crippen LogP contribution >= 0.6 is 11.3 Å². The van der Waals surface area contributed by atoms with E-state index < -0.39 is 6.10 Å². The lowest BCUT2D eigenvalue weighted by Crippen LogP contribution is -2.31. The van der Waals surface area contributed by atoms with Gasteiger partial charge in [-0.1, -0.05) is 32.1 Å². The minimum atomic E-state index is -0.582. The standard InChI is InChI=1S/C12H20N2OS/c13-10(8-9-4-2-1-3-5-9)11(15)12-14-6-7-16-12/h6-7,9-11,15H,1-5,8,13H2. The molecule has 1 aliphatic carbocycles. The predicted octanol–water partition coefficient (Wildman–Crippen LogP) is 2.47. The Hall–Kier alpha value is -0.450. The molecule has 1 aromatic rings. The van der Waals surface area contributed by atoms with E-state index in [0.717, 1.165) is 11.4 Å². The van der Waals surface area contributed by atoms with Crippen molar-refractivity contribution >= 4 is 11.3 Å². The van der Waals surface area contributed by atoms with Crippen LogP contribution in [0.25, 0.3) is 0 Å². The van der Waals surface area contributed by atoms with Crippen LogP contribution in [0.2, 0.25) is 0 Å². The van der Waals surface area contributed by atoms with E-state index >= 15 is 0 Å². The highest BCUT2D eigenvalue weighted by atomic mass is 32.1. The van der Waals surface area contributed by atoms with Gasteiger partial charge < -0.3 is 10.8 Å². The van der Waals surface area contributed by atoms with Crippen LogP contribution in [0.5, 0.6) is 0 Å². The number of aliphatic hydroxyl groups excluding tert-OH is 1. The van der Waals surface area contributed by atoms with Crippen molar-refractivity contribution in [1.29, 1.82) is 0 Å². The van der Waals surface area contributed by atoms with Gasteiger partial charge in [-0.15, -0.1) is 11.3 Å². The molecule has 0 aromatic carbocycles. The van der Waals surface area contributed by atoms with Crippen LogP contribution in [-0.4, -0.2) is 16.1 Å². The first-order valence-corrected chi connectivity index (χ1v) is 6.98. The minimum absolute atomic E-state index is 0.158. The summed E-state index contributed by atoms with van der Waals surface area (Å²) in [6.07, 6.45) is 8.63. The molecular formula is C12H20N2OS. The van der Waals surface area contributed by atoms with Gasteiger partial charge in [-0.3, -0.25) is 0 Å². The van der Waals surface area contributed by atoms with Crippen LogP contribution < -0.4 is 5.73 Å². The molecule has 0 aliphatic heterocycles. The Morgan fingerprint density at radius 3 is 2.81 bits per heavy atom. The molecule has 4 heteroatoms. The first kappa shape index (κ1) is 12.0. The van der Waals surface area contributed by atoms with E-state index in [1.54, 1.807) is 6.20 Å². The summed E-state index contributed by atoms with van der Waals surface area (Å²) >= 11 is 1.48. The van der Waals surface area contributed by atoms with Gasteiger partial charge in [0.2, 0.25) is 0 Å². The lowest BCUT2D eigenvalue weighted by atomic mass is 9.84. The Morgan fingerprint density at radius 2 is 2.19 bits per heavy atom. The Labute approximate surface area is 101 Å². The van der Waals surface area contributed by atoms with E-state index in [4.69, 9.17) is 5.73 Å². The zero-order chi connectivity index (χ0) is 11.4. The molecule has 90 valence electrons. The highest BCUT2D eigenvalue weighted by Crippen LogP contribution is 2.30. The average molecular weight is 240 g/mol. The first-order chi connectivity index (χ1) is 7.77. The molecule has 0 bridgehead atoms. The van der Waals surface area contributed by atoms with Crippen molar-refractivity contribution in [3.8, 4) is 0 Å². The van der Waals surface area contributed by atoms with Crippen LogP contribution in [0.4, 0.5) is 0 Å². The normalized spacial score (nSPS) is 21.9. The molecule has 1 aliphatic rings. The Bertz CT molecular complexity index is 296.